The van der Waals surface area contributed by atoms with E-state index in [1.54, 1.807) is 42.2 Å². The number of aryl methyl sites for hydroxylation is 1. The van der Waals surface area contributed by atoms with Crippen LogP contribution in [0.3, 0.4) is 0 Å². The molecule has 0 radical (unpaired) electrons. The molecule has 6 rings (SSSR count). The van der Waals surface area contributed by atoms with Crippen molar-refractivity contribution in [3.63, 3.8) is 0 Å². The molecule has 2 aliphatic rings. The van der Waals surface area contributed by atoms with Gasteiger partial charge in [0.2, 0.25) is 5.89 Å². The third-order valence-corrected chi connectivity index (χ3v) is 6.41. The molecule has 1 saturated carbocycles. The summed E-state index contributed by atoms with van der Waals surface area (Å²) < 4.78 is 37.5. The van der Waals surface area contributed by atoms with E-state index < -0.39 is 6.61 Å². The molecule has 0 N–H and O–H groups in total. The van der Waals surface area contributed by atoms with Crippen molar-refractivity contribution in [1.82, 2.24) is 29.2 Å². The van der Waals surface area contributed by atoms with Gasteiger partial charge in [0.25, 0.3) is 5.56 Å². The molecule has 170 valence electrons. The third kappa shape index (κ3) is 3.41. The fourth-order valence-electron chi connectivity index (χ4n) is 4.76. The molecule has 4 heterocycles. The van der Waals surface area contributed by atoms with Crippen molar-refractivity contribution in [2.75, 3.05) is 18.0 Å². The zero-order chi connectivity index (χ0) is 22.7. The van der Waals surface area contributed by atoms with E-state index >= 15 is 0 Å². The fourth-order valence-corrected chi connectivity index (χ4v) is 4.76. The highest BCUT2D eigenvalue weighted by molar-refractivity contribution is 5.68. The van der Waals surface area contributed by atoms with E-state index in [1.807, 2.05) is 0 Å². The van der Waals surface area contributed by atoms with Crippen LogP contribution in [0.15, 0.2) is 46.2 Å². The van der Waals surface area contributed by atoms with Crippen LogP contribution in [0.1, 0.15) is 17.6 Å². The minimum Gasteiger partial charge on any atom is -0.435 e. The summed E-state index contributed by atoms with van der Waals surface area (Å²) in [6.07, 6.45) is 2.98. The Morgan fingerprint density at radius 3 is 2.61 bits per heavy atom. The molecule has 10 nitrogen and oxygen atoms in total. The van der Waals surface area contributed by atoms with E-state index in [4.69, 9.17) is 4.52 Å². The number of halogens is 2. The number of alkyl halides is 2. The van der Waals surface area contributed by atoms with Crippen LogP contribution in [0.4, 0.5) is 14.5 Å². The van der Waals surface area contributed by atoms with Gasteiger partial charge in [0, 0.05) is 31.7 Å². The Balaban J connectivity index is 1.11. The smallest absolute Gasteiger partial charge is 0.387 e. The van der Waals surface area contributed by atoms with Crippen LogP contribution in [0.2, 0.25) is 0 Å². The first-order chi connectivity index (χ1) is 16.0. The van der Waals surface area contributed by atoms with E-state index in [2.05, 4.69) is 29.7 Å². The monoisotopic (exact) mass is 455 g/mol. The quantitative estimate of drug-likeness (QED) is 0.435. The first kappa shape index (κ1) is 19.8. The fraction of sp³-hybridized carbons (Fsp3) is 0.381. The molecule has 1 unspecified atom stereocenters. The van der Waals surface area contributed by atoms with Crippen LogP contribution >= 0.6 is 0 Å². The molecule has 3 aromatic heterocycles. The van der Waals surface area contributed by atoms with Gasteiger partial charge in [-0.25, -0.2) is 9.97 Å². The zero-order valence-corrected chi connectivity index (χ0v) is 17.5. The van der Waals surface area contributed by atoms with Crippen molar-refractivity contribution in [2.45, 2.75) is 19.1 Å². The number of imidazole rings is 1. The van der Waals surface area contributed by atoms with Crippen molar-refractivity contribution in [3.05, 3.63) is 59.0 Å². The maximum absolute atomic E-state index is 12.7. The summed E-state index contributed by atoms with van der Waals surface area (Å²) in [5.41, 5.74) is 1.57. The largest absolute Gasteiger partial charge is 0.435 e. The van der Waals surface area contributed by atoms with Crippen LogP contribution in [-0.4, -0.2) is 48.9 Å². The van der Waals surface area contributed by atoms with Crippen molar-refractivity contribution < 1.29 is 18.0 Å². The molecule has 3 atom stereocenters. The molecule has 1 saturated heterocycles. The first-order valence-electron chi connectivity index (χ1n) is 10.5. The predicted octanol–water partition coefficient (Wildman–Crippen LogP) is 2.01. The van der Waals surface area contributed by atoms with Gasteiger partial charge in [-0.05, 0) is 36.1 Å². The van der Waals surface area contributed by atoms with Crippen LogP contribution in [0, 0.1) is 11.8 Å². The van der Waals surface area contributed by atoms with Crippen molar-refractivity contribution >= 4 is 16.9 Å². The molecule has 33 heavy (non-hydrogen) atoms. The predicted molar refractivity (Wildman–Crippen MR) is 111 cm³/mol. The molecular weight excluding hydrogens is 436 g/mol. The summed E-state index contributed by atoms with van der Waals surface area (Å²) >= 11 is 0. The van der Waals surface area contributed by atoms with Gasteiger partial charge in [0.15, 0.2) is 17.0 Å². The lowest BCUT2D eigenvalue weighted by atomic mass is 10.2. The van der Waals surface area contributed by atoms with Crippen molar-refractivity contribution in [3.8, 4) is 5.75 Å². The highest BCUT2D eigenvalue weighted by Crippen LogP contribution is 2.57. The minimum atomic E-state index is -2.83. The number of rotatable bonds is 6. The molecule has 12 heteroatoms. The number of aromatic nitrogens is 6. The summed E-state index contributed by atoms with van der Waals surface area (Å²) in [7, 11) is 1.74. The Hall–Kier alpha value is -3.83. The lowest BCUT2D eigenvalue weighted by Crippen LogP contribution is -2.23. The molecule has 0 bridgehead atoms. The first-order valence-corrected chi connectivity index (χ1v) is 10.5. The van der Waals surface area contributed by atoms with Gasteiger partial charge in [0.1, 0.15) is 18.6 Å². The van der Waals surface area contributed by atoms with Crippen LogP contribution < -0.4 is 15.2 Å². The third-order valence-electron chi connectivity index (χ3n) is 6.41. The molecule has 4 aromatic rings. The number of ether oxygens (including phenoxy) is 1. The van der Waals surface area contributed by atoms with Gasteiger partial charge in [-0.1, -0.05) is 5.16 Å². The normalized spacial score (nSPS) is 21.7. The summed E-state index contributed by atoms with van der Waals surface area (Å²) in [6.45, 7) is -1.03. The average molecular weight is 455 g/mol. The molecule has 1 aliphatic heterocycles. The van der Waals surface area contributed by atoms with E-state index in [9.17, 15) is 13.6 Å². The molecule has 1 aliphatic carbocycles. The van der Waals surface area contributed by atoms with Crippen molar-refractivity contribution in [2.24, 2.45) is 18.9 Å². The van der Waals surface area contributed by atoms with Gasteiger partial charge >= 0.3 is 6.61 Å². The lowest BCUT2D eigenvalue weighted by molar-refractivity contribution is -0.0498. The van der Waals surface area contributed by atoms with E-state index in [-0.39, 0.29) is 23.8 Å². The number of hydrogen-bond donors (Lipinski definition) is 0. The van der Waals surface area contributed by atoms with E-state index in [0.29, 0.717) is 34.7 Å². The Labute approximate surface area is 185 Å². The molecular formula is C21H19F2N7O3. The van der Waals surface area contributed by atoms with Gasteiger partial charge in [-0.3, -0.25) is 9.36 Å². The standard InChI is InChI=1S/C21H19F2N7O3/c1-28-9-24-19-17(28)20(31)30(10-25-19)8-15-26-18(27-33-15)16-13-6-29(7-14(13)16)11-2-4-12(5-3-11)32-21(22)23/h2-5,9-10,13-14,16,21H,6-8H2,1H3/t13-,14+,16?. The Morgan fingerprint density at radius 2 is 1.88 bits per heavy atom. The molecule has 1 aromatic carbocycles. The maximum atomic E-state index is 12.7. The Kier molecular flexibility index (Phi) is 4.42. The van der Waals surface area contributed by atoms with Crippen molar-refractivity contribution in [1.29, 1.82) is 0 Å². The molecule has 0 spiro atoms. The number of anilines is 1. The second-order valence-corrected chi connectivity index (χ2v) is 8.38. The molecule has 0 amide bonds. The van der Waals surface area contributed by atoms with Gasteiger partial charge < -0.3 is 18.7 Å². The number of nitrogens with zero attached hydrogens (tertiary/aromatic N) is 7. The second-order valence-electron chi connectivity index (χ2n) is 8.38. The van der Waals surface area contributed by atoms with E-state index in [0.717, 1.165) is 18.8 Å². The van der Waals surface area contributed by atoms with E-state index in [1.165, 1.54) is 10.9 Å². The maximum Gasteiger partial charge on any atom is 0.387 e. The summed E-state index contributed by atoms with van der Waals surface area (Å²) in [4.78, 5) is 27.7. The lowest BCUT2D eigenvalue weighted by Gasteiger charge is -2.21. The van der Waals surface area contributed by atoms with Crippen LogP contribution in [-0.2, 0) is 13.6 Å². The summed E-state index contributed by atoms with van der Waals surface area (Å²) in [6, 6.07) is 6.67. The van der Waals surface area contributed by atoms with Gasteiger partial charge in [-0.15, -0.1) is 0 Å². The minimum absolute atomic E-state index is 0.140. The SMILES string of the molecule is Cn1cnc2ncn(Cc3nc(C4[C@H]5CN(c6ccc(OC(F)F)cc6)C[C@@H]45)no3)c(=O)c21. The Bertz CT molecular complexity index is 1370. The highest BCUT2D eigenvalue weighted by Gasteiger charge is 2.58. The highest BCUT2D eigenvalue weighted by atomic mass is 19.3. The average Bonchev–Trinajstić information content (AvgIpc) is 3.20. The summed E-state index contributed by atoms with van der Waals surface area (Å²) in [5.74, 6) is 2.18. The number of benzene rings is 1. The number of hydrogen-bond acceptors (Lipinski definition) is 8. The van der Waals surface area contributed by atoms with Gasteiger partial charge in [-0.2, -0.15) is 13.8 Å². The Morgan fingerprint density at radius 1 is 1.15 bits per heavy atom. The van der Waals surface area contributed by atoms with Crippen LogP contribution in [0.5, 0.6) is 5.75 Å². The van der Waals surface area contributed by atoms with Crippen LogP contribution in [0.25, 0.3) is 11.2 Å². The number of fused-ring (bicyclic) bond motifs is 2. The van der Waals surface area contributed by atoms with Gasteiger partial charge in [0.05, 0.1) is 6.33 Å². The number of piperidine rings is 1. The topological polar surface area (TPSA) is 104 Å². The summed E-state index contributed by atoms with van der Waals surface area (Å²) in [5, 5.41) is 4.15. The molecule has 2 fully saturated rings. The zero-order valence-electron chi connectivity index (χ0n) is 17.5. The second kappa shape index (κ2) is 7.36.